The molecule has 0 saturated heterocycles. The van der Waals surface area contributed by atoms with E-state index in [-0.39, 0.29) is 0 Å². The highest BCUT2D eigenvalue weighted by Crippen LogP contribution is 2.26. The standard InChI is InChI=1S/C16H16ClN7O2S/c1-10(23-27(25)26)11-4-3-5-12(6-11)20-15-14(17)8-18-16(22-15)21-13-7-19-24(2)9-13/h3-9,23H,1H2,2H3,(H,25,26)(H2,18,20,21,22). The molecule has 2 aromatic heterocycles. The predicted octanol–water partition coefficient (Wildman–Crippen LogP) is 3.05. The summed E-state index contributed by atoms with van der Waals surface area (Å²) in [6.07, 6.45) is 4.92. The molecule has 3 aromatic rings. The van der Waals surface area contributed by atoms with E-state index >= 15 is 0 Å². The molecule has 11 heteroatoms. The van der Waals surface area contributed by atoms with E-state index in [0.717, 1.165) is 5.69 Å². The van der Waals surface area contributed by atoms with Crippen LogP contribution >= 0.6 is 11.6 Å². The molecular formula is C16H16ClN7O2S. The van der Waals surface area contributed by atoms with Crippen molar-refractivity contribution in [2.75, 3.05) is 10.6 Å². The van der Waals surface area contributed by atoms with Gasteiger partial charge in [0, 0.05) is 30.2 Å². The van der Waals surface area contributed by atoms with Gasteiger partial charge in [0.25, 0.3) is 11.3 Å². The number of aromatic nitrogens is 4. The second-order valence-electron chi connectivity index (χ2n) is 5.45. The van der Waals surface area contributed by atoms with E-state index in [2.05, 4.69) is 37.0 Å². The molecular weight excluding hydrogens is 390 g/mol. The van der Waals surface area contributed by atoms with Gasteiger partial charge in [0.05, 0.1) is 18.1 Å². The summed E-state index contributed by atoms with van der Waals surface area (Å²) in [5, 5.41) is 10.5. The highest BCUT2D eigenvalue weighted by molar-refractivity contribution is 7.77. The number of halogens is 1. The number of anilines is 4. The van der Waals surface area contributed by atoms with Crippen molar-refractivity contribution in [1.82, 2.24) is 24.5 Å². The summed E-state index contributed by atoms with van der Waals surface area (Å²) in [5.74, 6) is 0.757. The van der Waals surface area contributed by atoms with Gasteiger partial charge in [0.2, 0.25) is 5.95 Å². The van der Waals surface area contributed by atoms with E-state index in [1.165, 1.54) is 6.20 Å². The van der Waals surface area contributed by atoms with Gasteiger partial charge in [-0.2, -0.15) is 10.1 Å². The summed E-state index contributed by atoms with van der Waals surface area (Å²) in [5.41, 5.74) is 2.37. The molecule has 4 N–H and O–H groups in total. The van der Waals surface area contributed by atoms with Crippen LogP contribution in [0.5, 0.6) is 0 Å². The number of rotatable bonds is 7. The Morgan fingerprint density at radius 1 is 1.30 bits per heavy atom. The summed E-state index contributed by atoms with van der Waals surface area (Å²) in [4.78, 5) is 8.51. The van der Waals surface area contributed by atoms with Gasteiger partial charge in [-0.1, -0.05) is 30.3 Å². The van der Waals surface area contributed by atoms with Gasteiger partial charge in [-0.15, -0.1) is 0 Å². The topological polar surface area (TPSA) is 117 Å². The molecule has 140 valence electrons. The minimum Gasteiger partial charge on any atom is -0.339 e. The van der Waals surface area contributed by atoms with Crippen LogP contribution in [0.15, 0.2) is 49.4 Å². The molecule has 2 heterocycles. The lowest BCUT2D eigenvalue weighted by Crippen LogP contribution is -2.13. The van der Waals surface area contributed by atoms with E-state index in [4.69, 9.17) is 16.2 Å². The predicted molar refractivity (Wildman–Crippen MR) is 106 cm³/mol. The Morgan fingerprint density at radius 3 is 2.81 bits per heavy atom. The zero-order valence-corrected chi connectivity index (χ0v) is 15.8. The maximum atomic E-state index is 10.9. The molecule has 0 bridgehead atoms. The average Bonchev–Trinajstić information content (AvgIpc) is 3.02. The van der Waals surface area contributed by atoms with Crippen molar-refractivity contribution in [3.63, 3.8) is 0 Å². The van der Waals surface area contributed by atoms with E-state index < -0.39 is 11.3 Å². The van der Waals surface area contributed by atoms with Crippen LogP contribution < -0.4 is 15.4 Å². The van der Waals surface area contributed by atoms with Crippen molar-refractivity contribution in [3.05, 3.63) is 60.0 Å². The van der Waals surface area contributed by atoms with Crippen LogP contribution in [0.2, 0.25) is 5.02 Å². The van der Waals surface area contributed by atoms with Crippen LogP contribution in [0.4, 0.5) is 23.1 Å². The Bertz CT molecular complexity index is 1010. The molecule has 0 fully saturated rings. The molecule has 0 saturated carbocycles. The second kappa shape index (κ2) is 8.16. The van der Waals surface area contributed by atoms with Crippen LogP contribution in [-0.4, -0.2) is 28.5 Å². The van der Waals surface area contributed by atoms with Gasteiger partial charge in [-0.3, -0.25) is 14.0 Å². The Hall–Kier alpha value is -2.95. The molecule has 0 aliphatic carbocycles. The molecule has 1 unspecified atom stereocenters. The third kappa shape index (κ3) is 5.03. The minimum atomic E-state index is -2.19. The van der Waals surface area contributed by atoms with Crippen LogP contribution in [0.25, 0.3) is 5.70 Å². The van der Waals surface area contributed by atoms with Gasteiger partial charge >= 0.3 is 0 Å². The molecule has 9 nitrogen and oxygen atoms in total. The van der Waals surface area contributed by atoms with Crippen molar-refractivity contribution in [2.45, 2.75) is 0 Å². The highest BCUT2D eigenvalue weighted by atomic mass is 35.5. The molecule has 1 aromatic carbocycles. The third-order valence-electron chi connectivity index (χ3n) is 3.39. The first kappa shape index (κ1) is 18.8. The Morgan fingerprint density at radius 2 is 2.11 bits per heavy atom. The fourth-order valence-electron chi connectivity index (χ4n) is 2.22. The van der Waals surface area contributed by atoms with Gasteiger partial charge in [-0.05, 0) is 12.1 Å². The maximum absolute atomic E-state index is 10.9. The van der Waals surface area contributed by atoms with Crippen LogP contribution in [0.1, 0.15) is 5.56 Å². The quantitative estimate of drug-likeness (QED) is 0.446. The zero-order valence-electron chi connectivity index (χ0n) is 14.2. The molecule has 0 amide bonds. The molecule has 3 rings (SSSR count). The molecule has 1 atom stereocenters. The van der Waals surface area contributed by atoms with Crippen molar-refractivity contribution < 1.29 is 8.76 Å². The summed E-state index contributed by atoms with van der Waals surface area (Å²) in [7, 11) is 1.81. The molecule has 0 aliphatic rings. The van der Waals surface area contributed by atoms with Crippen LogP contribution in [-0.2, 0) is 18.3 Å². The van der Waals surface area contributed by atoms with Crippen molar-refractivity contribution >= 4 is 51.7 Å². The lowest BCUT2D eigenvalue weighted by atomic mass is 10.1. The molecule has 0 aliphatic heterocycles. The van der Waals surface area contributed by atoms with Crippen molar-refractivity contribution in [1.29, 1.82) is 0 Å². The first-order chi connectivity index (χ1) is 12.9. The summed E-state index contributed by atoms with van der Waals surface area (Å²) in [6.45, 7) is 3.73. The highest BCUT2D eigenvalue weighted by Gasteiger charge is 2.09. The number of aryl methyl sites for hydroxylation is 1. The van der Waals surface area contributed by atoms with Gasteiger partial charge in [-0.25, -0.2) is 9.19 Å². The molecule has 0 spiro atoms. The lowest BCUT2D eigenvalue weighted by Gasteiger charge is -2.11. The van der Waals surface area contributed by atoms with Crippen LogP contribution in [0, 0.1) is 0 Å². The number of nitrogens with zero attached hydrogens (tertiary/aromatic N) is 4. The monoisotopic (exact) mass is 405 g/mol. The number of hydrogen-bond donors (Lipinski definition) is 4. The molecule has 0 radical (unpaired) electrons. The summed E-state index contributed by atoms with van der Waals surface area (Å²) >= 11 is 4.00. The number of nitrogens with one attached hydrogen (secondary N) is 3. The van der Waals surface area contributed by atoms with E-state index in [9.17, 15) is 4.21 Å². The third-order valence-corrected chi connectivity index (χ3v) is 4.09. The van der Waals surface area contributed by atoms with E-state index in [1.54, 1.807) is 41.3 Å². The number of hydrogen-bond acceptors (Lipinski definition) is 6. The first-order valence-corrected chi connectivity index (χ1v) is 9.11. The zero-order chi connectivity index (χ0) is 19.4. The van der Waals surface area contributed by atoms with Gasteiger partial charge < -0.3 is 10.6 Å². The maximum Gasteiger partial charge on any atom is 0.259 e. The first-order valence-electron chi connectivity index (χ1n) is 7.63. The Balaban J connectivity index is 1.79. The van der Waals surface area contributed by atoms with E-state index in [0.29, 0.717) is 33.7 Å². The normalized spacial score (nSPS) is 11.7. The fourth-order valence-corrected chi connectivity index (χ4v) is 2.68. The second-order valence-corrected chi connectivity index (χ2v) is 6.56. The van der Waals surface area contributed by atoms with Crippen molar-refractivity contribution in [3.8, 4) is 0 Å². The fraction of sp³-hybridized carbons (Fsp3) is 0.0625. The minimum absolute atomic E-state index is 0.312. The van der Waals surface area contributed by atoms with E-state index in [1.807, 2.05) is 7.05 Å². The van der Waals surface area contributed by atoms with Gasteiger partial charge in [0.1, 0.15) is 5.02 Å². The lowest BCUT2D eigenvalue weighted by molar-refractivity contribution is 0.559. The smallest absolute Gasteiger partial charge is 0.259 e. The number of benzene rings is 1. The average molecular weight is 406 g/mol. The summed E-state index contributed by atoms with van der Waals surface area (Å²) < 4.78 is 23.8. The Labute approximate surface area is 162 Å². The van der Waals surface area contributed by atoms with Crippen LogP contribution in [0.3, 0.4) is 0 Å². The van der Waals surface area contributed by atoms with Crippen molar-refractivity contribution in [2.24, 2.45) is 7.05 Å². The SMILES string of the molecule is C=C(NS(=O)O)c1cccc(Nc2nc(Nc3cnn(C)c3)ncc2Cl)c1. The summed E-state index contributed by atoms with van der Waals surface area (Å²) in [6, 6.07) is 7.08. The largest absolute Gasteiger partial charge is 0.339 e. The molecule has 27 heavy (non-hydrogen) atoms. The Kier molecular flexibility index (Phi) is 5.69. The van der Waals surface area contributed by atoms with Gasteiger partial charge in [0.15, 0.2) is 5.82 Å².